The molecule has 2 heteroatoms. The second-order valence-corrected chi connectivity index (χ2v) is 4.53. The minimum absolute atomic E-state index is 0.151. The number of aliphatic hydroxyl groups is 1. The van der Waals surface area contributed by atoms with Gasteiger partial charge in [-0.25, -0.2) is 4.39 Å². The normalized spacial score (nSPS) is 17.8. The summed E-state index contributed by atoms with van der Waals surface area (Å²) in [5, 5.41) is 9.70. The fraction of sp³-hybridized carbons (Fsp3) is 0.538. The van der Waals surface area contributed by atoms with Gasteiger partial charge in [0.1, 0.15) is 5.82 Å². The summed E-state index contributed by atoms with van der Waals surface area (Å²) < 4.78 is 13.0. The maximum absolute atomic E-state index is 13.0. The maximum atomic E-state index is 13.0. The highest BCUT2D eigenvalue weighted by Gasteiger charge is 2.29. The van der Waals surface area contributed by atoms with E-state index in [1.807, 2.05) is 12.1 Å². The van der Waals surface area contributed by atoms with Crippen LogP contribution in [0.25, 0.3) is 0 Å². The van der Waals surface area contributed by atoms with Crippen molar-refractivity contribution in [2.24, 2.45) is 5.92 Å². The lowest BCUT2D eigenvalue weighted by Crippen LogP contribution is -2.10. The highest BCUT2D eigenvalue weighted by molar-refractivity contribution is 5.24. The van der Waals surface area contributed by atoms with Crippen LogP contribution in [0.4, 0.5) is 4.39 Å². The van der Waals surface area contributed by atoms with Gasteiger partial charge in [0, 0.05) is 0 Å². The Kier molecular flexibility index (Phi) is 3.06. The molecule has 1 nitrogen and oxygen atoms in total. The van der Waals surface area contributed by atoms with Crippen LogP contribution >= 0.6 is 0 Å². The average Bonchev–Trinajstić information content (AvgIpc) is 3.03. The van der Waals surface area contributed by atoms with Crippen molar-refractivity contribution in [2.75, 3.05) is 0 Å². The van der Waals surface area contributed by atoms with Gasteiger partial charge < -0.3 is 5.11 Å². The monoisotopic (exact) mass is 208 g/mol. The van der Waals surface area contributed by atoms with Crippen LogP contribution in [0.2, 0.25) is 0 Å². The fourth-order valence-electron chi connectivity index (χ4n) is 1.89. The van der Waals surface area contributed by atoms with Crippen molar-refractivity contribution < 1.29 is 9.50 Å². The smallest absolute Gasteiger partial charge is 0.126 e. The molecule has 15 heavy (non-hydrogen) atoms. The summed E-state index contributed by atoms with van der Waals surface area (Å²) in [6.45, 7) is 1.77. The van der Waals surface area contributed by atoms with Crippen LogP contribution < -0.4 is 0 Å². The molecule has 1 saturated carbocycles. The molecule has 0 aromatic heterocycles. The Morgan fingerprint density at radius 2 is 2.20 bits per heavy atom. The van der Waals surface area contributed by atoms with E-state index in [9.17, 15) is 9.50 Å². The largest absolute Gasteiger partial charge is 0.393 e. The van der Waals surface area contributed by atoms with E-state index in [0.717, 1.165) is 18.4 Å². The Balaban J connectivity index is 1.89. The quantitative estimate of drug-likeness (QED) is 0.806. The van der Waals surface area contributed by atoms with Gasteiger partial charge >= 0.3 is 0 Å². The van der Waals surface area contributed by atoms with Crippen LogP contribution in [0.15, 0.2) is 18.2 Å². The Bertz CT molecular complexity index is 344. The SMILES string of the molecule is Cc1cc(CCC(O)C2CC2)ccc1F. The van der Waals surface area contributed by atoms with E-state index in [4.69, 9.17) is 0 Å². The molecule has 0 heterocycles. The van der Waals surface area contributed by atoms with E-state index < -0.39 is 0 Å². The molecule has 0 spiro atoms. The number of aryl methyl sites for hydroxylation is 2. The first kappa shape index (κ1) is 10.6. The average molecular weight is 208 g/mol. The zero-order chi connectivity index (χ0) is 10.8. The molecule has 82 valence electrons. The number of aliphatic hydroxyl groups excluding tert-OH is 1. The Morgan fingerprint density at radius 3 is 2.80 bits per heavy atom. The molecule has 0 aliphatic heterocycles. The predicted octanol–water partition coefficient (Wildman–Crippen LogP) is 2.84. The van der Waals surface area contributed by atoms with E-state index in [2.05, 4.69) is 0 Å². The van der Waals surface area contributed by atoms with Gasteiger partial charge in [-0.3, -0.25) is 0 Å². The van der Waals surface area contributed by atoms with Crippen molar-refractivity contribution in [3.05, 3.63) is 35.1 Å². The van der Waals surface area contributed by atoms with Crippen LogP contribution in [-0.4, -0.2) is 11.2 Å². The lowest BCUT2D eigenvalue weighted by Gasteiger charge is -2.09. The first-order valence-corrected chi connectivity index (χ1v) is 5.60. The lowest BCUT2D eigenvalue weighted by atomic mass is 10.0. The van der Waals surface area contributed by atoms with Crippen molar-refractivity contribution >= 4 is 0 Å². The van der Waals surface area contributed by atoms with Crippen LogP contribution in [0.5, 0.6) is 0 Å². The van der Waals surface area contributed by atoms with E-state index in [-0.39, 0.29) is 11.9 Å². The van der Waals surface area contributed by atoms with Gasteiger partial charge in [-0.15, -0.1) is 0 Å². The summed E-state index contributed by atoms with van der Waals surface area (Å²) in [6, 6.07) is 5.19. The molecule has 1 N–H and O–H groups in total. The summed E-state index contributed by atoms with van der Waals surface area (Å²) >= 11 is 0. The van der Waals surface area contributed by atoms with E-state index in [1.165, 1.54) is 18.9 Å². The molecule has 1 aromatic rings. The highest BCUT2D eigenvalue weighted by Crippen LogP contribution is 2.34. The molecule has 1 atom stereocenters. The third-order valence-electron chi connectivity index (χ3n) is 3.12. The van der Waals surface area contributed by atoms with Gasteiger partial charge in [-0.1, -0.05) is 12.1 Å². The molecule has 1 aliphatic carbocycles. The van der Waals surface area contributed by atoms with Crippen LogP contribution in [0.1, 0.15) is 30.4 Å². The topological polar surface area (TPSA) is 20.2 Å². The van der Waals surface area contributed by atoms with Crippen molar-refractivity contribution in [3.63, 3.8) is 0 Å². The second kappa shape index (κ2) is 4.31. The molecule has 1 aromatic carbocycles. The van der Waals surface area contributed by atoms with Crippen molar-refractivity contribution in [1.29, 1.82) is 0 Å². The van der Waals surface area contributed by atoms with Crippen molar-refractivity contribution in [3.8, 4) is 0 Å². The van der Waals surface area contributed by atoms with E-state index in [0.29, 0.717) is 11.5 Å². The van der Waals surface area contributed by atoms with Gasteiger partial charge in [0.25, 0.3) is 0 Å². The van der Waals surface area contributed by atoms with Crippen LogP contribution in [0.3, 0.4) is 0 Å². The van der Waals surface area contributed by atoms with E-state index in [1.54, 1.807) is 6.92 Å². The second-order valence-electron chi connectivity index (χ2n) is 4.53. The number of hydrogen-bond acceptors (Lipinski definition) is 1. The summed E-state index contributed by atoms with van der Waals surface area (Å²) in [5.74, 6) is 0.382. The number of rotatable bonds is 4. The van der Waals surface area contributed by atoms with Gasteiger partial charge in [0.05, 0.1) is 6.10 Å². The Labute approximate surface area is 89.9 Å². The zero-order valence-electron chi connectivity index (χ0n) is 9.04. The molecule has 2 rings (SSSR count). The van der Waals surface area contributed by atoms with Gasteiger partial charge in [-0.2, -0.15) is 0 Å². The van der Waals surface area contributed by atoms with Gasteiger partial charge in [0.2, 0.25) is 0 Å². The van der Waals surface area contributed by atoms with E-state index >= 15 is 0 Å². The number of halogens is 1. The van der Waals surface area contributed by atoms with Gasteiger partial charge in [-0.05, 0) is 55.7 Å². The molecule has 0 radical (unpaired) electrons. The summed E-state index contributed by atoms with van der Waals surface area (Å²) in [7, 11) is 0. The summed E-state index contributed by atoms with van der Waals surface area (Å²) in [5.41, 5.74) is 1.81. The van der Waals surface area contributed by atoms with Gasteiger partial charge in [0.15, 0.2) is 0 Å². The Hall–Kier alpha value is -0.890. The minimum atomic E-state index is -0.157. The molecule has 0 amide bonds. The van der Waals surface area contributed by atoms with Crippen LogP contribution in [0, 0.1) is 18.7 Å². The predicted molar refractivity (Wildman–Crippen MR) is 58.2 cm³/mol. The molecular formula is C13H17FO. The highest BCUT2D eigenvalue weighted by atomic mass is 19.1. The Morgan fingerprint density at radius 1 is 1.47 bits per heavy atom. The molecule has 0 bridgehead atoms. The first-order chi connectivity index (χ1) is 7.16. The lowest BCUT2D eigenvalue weighted by molar-refractivity contribution is 0.142. The molecule has 0 saturated heterocycles. The third kappa shape index (κ3) is 2.78. The molecular weight excluding hydrogens is 191 g/mol. The van der Waals surface area contributed by atoms with Crippen LogP contribution in [-0.2, 0) is 6.42 Å². The fourth-order valence-corrected chi connectivity index (χ4v) is 1.89. The zero-order valence-corrected chi connectivity index (χ0v) is 9.04. The van der Waals surface area contributed by atoms with Crippen molar-refractivity contribution in [1.82, 2.24) is 0 Å². The molecule has 1 aliphatic rings. The first-order valence-electron chi connectivity index (χ1n) is 5.60. The van der Waals surface area contributed by atoms with Crippen molar-refractivity contribution in [2.45, 2.75) is 38.7 Å². The minimum Gasteiger partial charge on any atom is -0.393 e. The standard InChI is InChI=1S/C13H17FO/c1-9-8-10(2-6-12(9)14)3-7-13(15)11-4-5-11/h2,6,8,11,13,15H,3-5,7H2,1H3. The molecule has 1 unspecified atom stereocenters. The number of benzene rings is 1. The summed E-state index contributed by atoms with van der Waals surface area (Å²) in [4.78, 5) is 0. The molecule has 1 fully saturated rings. The summed E-state index contributed by atoms with van der Waals surface area (Å²) in [6.07, 6.45) is 3.83. The third-order valence-corrected chi connectivity index (χ3v) is 3.12. The number of hydrogen-bond donors (Lipinski definition) is 1. The maximum Gasteiger partial charge on any atom is 0.126 e.